The minimum Gasteiger partial charge on any atom is -0.309 e. The van der Waals surface area contributed by atoms with Gasteiger partial charge in [-0.15, -0.1) is 0 Å². The number of nitrogens with zero attached hydrogens (tertiary/aromatic N) is 2. The van der Waals surface area contributed by atoms with Crippen molar-refractivity contribution in [3.63, 3.8) is 0 Å². The Morgan fingerprint density at radius 3 is 2.83 bits per heavy atom. The second-order valence-electron chi connectivity index (χ2n) is 4.39. The standard InChI is InChI=1S/C13H15BrIN3/c1-9(2)16-8-10-5-6-18(17-10)11-3-4-13(15)12(14)7-11/h3-7,9,16H,8H2,1-2H3. The van der Waals surface area contributed by atoms with Gasteiger partial charge in [-0.05, 0) is 62.8 Å². The molecule has 5 heteroatoms. The Kier molecular flexibility index (Phi) is 4.80. The van der Waals surface area contributed by atoms with Crippen LogP contribution >= 0.6 is 38.5 Å². The zero-order valence-corrected chi connectivity index (χ0v) is 14.1. The van der Waals surface area contributed by atoms with Crippen LogP contribution in [0.2, 0.25) is 0 Å². The summed E-state index contributed by atoms with van der Waals surface area (Å²) in [5.74, 6) is 0. The molecule has 0 amide bonds. The van der Waals surface area contributed by atoms with Gasteiger partial charge in [0.05, 0.1) is 11.4 Å². The molecule has 0 saturated heterocycles. The first-order valence-electron chi connectivity index (χ1n) is 5.79. The molecular formula is C13H15BrIN3. The van der Waals surface area contributed by atoms with E-state index in [1.165, 1.54) is 3.57 Å². The second-order valence-corrected chi connectivity index (χ2v) is 6.40. The molecule has 0 spiro atoms. The first kappa shape index (κ1) is 14.0. The molecule has 0 fully saturated rings. The van der Waals surface area contributed by atoms with E-state index >= 15 is 0 Å². The average Bonchev–Trinajstić information content (AvgIpc) is 2.79. The SMILES string of the molecule is CC(C)NCc1ccn(-c2ccc(I)c(Br)c2)n1. The van der Waals surface area contributed by atoms with E-state index in [1.54, 1.807) is 0 Å². The van der Waals surface area contributed by atoms with E-state index in [1.807, 2.05) is 16.9 Å². The fraction of sp³-hybridized carbons (Fsp3) is 0.308. The maximum atomic E-state index is 4.55. The third-order valence-electron chi connectivity index (χ3n) is 2.50. The molecule has 0 aliphatic rings. The van der Waals surface area contributed by atoms with E-state index in [0.717, 1.165) is 22.4 Å². The smallest absolute Gasteiger partial charge is 0.0766 e. The summed E-state index contributed by atoms with van der Waals surface area (Å²) in [6, 6.07) is 8.74. The molecule has 0 aliphatic heterocycles. The topological polar surface area (TPSA) is 29.9 Å². The Labute approximate surface area is 129 Å². The van der Waals surface area contributed by atoms with E-state index in [4.69, 9.17) is 0 Å². The van der Waals surface area contributed by atoms with Crippen molar-refractivity contribution in [1.29, 1.82) is 0 Å². The van der Waals surface area contributed by atoms with Crippen LogP contribution in [-0.2, 0) is 6.54 Å². The van der Waals surface area contributed by atoms with Gasteiger partial charge in [-0.2, -0.15) is 5.10 Å². The van der Waals surface area contributed by atoms with Gasteiger partial charge in [0.2, 0.25) is 0 Å². The van der Waals surface area contributed by atoms with Crippen molar-refractivity contribution in [2.45, 2.75) is 26.4 Å². The Bertz CT molecular complexity index is 537. The first-order valence-corrected chi connectivity index (χ1v) is 7.67. The van der Waals surface area contributed by atoms with Gasteiger partial charge in [-0.3, -0.25) is 0 Å². The van der Waals surface area contributed by atoms with Crippen molar-refractivity contribution in [2.75, 3.05) is 0 Å². The third kappa shape index (κ3) is 3.55. The van der Waals surface area contributed by atoms with Crippen LogP contribution in [0.1, 0.15) is 19.5 Å². The molecule has 0 atom stereocenters. The summed E-state index contributed by atoms with van der Waals surface area (Å²) in [5, 5.41) is 7.91. The third-order valence-corrected chi connectivity index (χ3v) is 4.84. The Hall–Kier alpha value is -0.400. The second kappa shape index (κ2) is 6.16. The normalized spacial score (nSPS) is 11.2. The number of hydrogen-bond donors (Lipinski definition) is 1. The molecule has 2 rings (SSSR count). The highest BCUT2D eigenvalue weighted by Crippen LogP contribution is 2.22. The van der Waals surface area contributed by atoms with Crippen molar-refractivity contribution in [3.8, 4) is 5.69 Å². The quantitative estimate of drug-likeness (QED) is 0.765. The van der Waals surface area contributed by atoms with E-state index < -0.39 is 0 Å². The molecule has 0 saturated carbocycles. The van der Waals surface area contributed by atoms with Crippen LogP contribution in [0.25, 0.3) is 5.69 Å². The highest BCUT2D eigenvalue weighted by Gasteiger charge is 2.04. The zero-order valence-electron chi connectivity index (χ0n) is 10.3. The minimum absolute atomic E-state index is 0.475. The maximum absolute atomic E-state index is 4.55. The van der Waals surface area contributed by atoms with E-state index in [2.05, 4.69) is 81.0 Å². The zero-order chi connectivity index (χ0) is 13.1. The number of hydrogen-bond acceptors (Lipinski definition) is 2. The molecule has 1 aromatic heterocycles. The van der Waals surface area contributed by atoms with Gasteiger partial charge in [-0.1, -0.05) is 13.8 Å². The van der Waals surface area contributed by atoms with Gasteiger partial charge in [0, 0.05) is 26.8 Å². The number of nitrogens with one attached hydrogen (secondary N) is 1. The summed E-state index contributed by atoms with van der Waals surface area (Å²) in [5.41, 5.74) is 2.12. The molecule has 1 N–H and O–H groups in total. The number of aromatic nitrogens is 2. The lowest BCUT2D eigenvalue weighted by Gasteiger charge is -2.06. The lowest BCUT2D eigenvalue weighted by Crippen LogP contribution is -2.22. The highest BCUT2D eigenvalue weighted by molar-refractivity contribution is 14.1. The first-order chi connectivity index (χ1) is 8.56. The van der Waals surface area contributed by atoms with Crippen molar-refractivity contribution < 1.29 is 0 Å². The maximum Gasteiger partial charge on any atom is 0.0766 e. The summed E-state index contributed by atoms with van der Waals surface area (Å²) in [6.45, 7) is 5.07. The molecule has 1 heterocycles. The summed E-state index contributed by atoms with van der Waals surface area (Å²) < 4.78 is 4.20. The Morgan fingerprint density at radius 1 is 1.39 bits per heavy atom. The molecule has 18 heavy (non-hydrogen) atoms. The van der Waals surface area contributed by atoms with Gasteiger partial charge >= 0.3 is 0 Å². The number of halogens is 2. The largest absolute Gasteiger partial charge is 0.309 e. The van der Waals surface area contributed by atoms with Crippen molar-refractivity contribution in [2.24, 2.45) is 0 Å². The molecule has 3 nitrogen and oxygen atoms in total. The fourth-order valence-electron chi connectivity index (χ4n) is 1.54. The van der Waals surface area contributed by atoms with Crippen molar-refractivity contribution in [3.05, 3.63) is 44.2 Å². The number of benzene rings is 1. The van der Waals surface area contributed by atoms with Crippen LogP contribution in [0.4, 0.5) is 0 Å². The van der Waals surface area contributed by atoms with Crippen molar-refractivity contribution >= 4 is 38.5 Å². The molecule has 0 radical (unpaired) electrons. The molecule has 0 bridgehead atoms. The molecule has 96 valence electrons. The average molecular weight is 420 g/mol. The lowest BCUT2D eigenvalue weighted by molar-refractivity contribution is 0.578. The van der Waals surface area contributed by atoms with E-state index in [0.29, 0.717) is 6.04 Å². The highest BCUT2D eigenvalue weighted by atomic mass is 127. The van der Waals surface area contributed by atoms with Crippen LogP contribution in [0.15, 0.2) is 34.9 Å². The van der Waals surface area contributed by atoms with Crippen LogP contribution in [-0.4, -0.2) is 15.8 Å². The lowest BCUT2D eigenvalue weighted by atomic mass is 10.3. The minimum atomic E-state index is 0.475. The molecule has 0 aliphatic carbocycles. The molecule has 2 aromatic rings. The summed E-state index contributed by atoms with van der Waals surface area (Å²) in [6.07, 6.45) is 1.99. The van der Waals surface area contributed by atoms with E-state index in [-0.39, 0.29) is 0 Å². The van der Waals surface area contributed by atoms with Gasteiger partial charge in [0.15, 0.2) is 0 Å². The monoisotopic (exact) mass is 419 g/mol. The summed E-state index contributed by atoms with van der Waals surface area (Å²) in [4.78, 5) is 0. The van der Waals surface area contributed by atoms with Crippen LogP contribution < -0.4 is 5.32 Å². The van der Waals surface area contributed by atoms with Crippen molar-refractivity contribution in [1.82, 2.24) is 15.1 Å². The van der Waals surface area contributed by atoms with Gasteiger partial charge in [-0.25, -0.2) is 4.68 Å². The van der Waals surface area contributed by atoms with Crippen LogP contribution in [0.5, 0.6) is 0 Å². The van der Waals surface area contributed by atoms with Crippen LogP contribution in [0.3, 0.4) is 0 Å². The predicted octanol–water partition coefficient (Wildman–Crippen LogP) is 3.74. The molecule has 0 unspecified atom stereocenters. The van der Waals surface area contributed by atoms with Gasteiger partial charge in [0.1, 0.15) is 0 Å². The molecule has 1 aromatic carbocycles. The summed E-state index contributed by atoms with van der Waals surface area (Å²) in [7, 11) is 0. The van der Waals surface area contributed by atoms with Crippen LogP contribution in [0, 0.1) is 3.57 Å². The van der Waals surface area contributed by atoms with E-state index in [9.17, 15) is 0 Å². The summed E-state index contributed by atoms with van der Waals surface area (Å²) >= 11 is 5.84. The predicted molar refractivity (Wildman–Crippen MR) is 86.0 cm³/mol. The van der Waals surface area contributed by atoms with Gasteiger partial charge < -0.3 is 5.32 Å². The number of rotatable bonds is 4. The Morgan fingerprint density at radius 2 is 2.17 bits per heavy atom. The molecular weight excluding hydrogens is 405 g/mol. The fourth-order valence-corrected chi connectivity index (χ4v) is 2.24. The Balaban J connectivity index is 2.16. The van der Waals surface area contributed by atoms with Gasteiger partial charge in [0.25, 0.3) is 0 Å².